The summed E-state index contributed by atoms with van der Waals surface area (Å²) in [6.07, 6.45) is 1.58. The van der Waals surface area contributed by atoms with Gasteiger partial charge in [0.25, 0.3) is 11.8 Å². The summed E-state index contributed by atoms with van der Waals surface area (Å²) in [4.78, 5) is 27.6. The second-order valence-electron chi connectivity index (χ2n) is 11.1. The number of hydrazone groups is 1. The summed E-state index contributed by atoms with van der Waals surface area (Å²) in [6.45, 7) is 0.431. The molecule has 9 rings (SSSR count). The van der Waals surface area contributed by atoms with Crippen molar-refractivity contribution in [3.05, 3.63) is 147 Å². The van der Waals surface area contributed by atoms with Gasteiger partial charge < -0.3 is 4.74 Å². The molecule has 0 radical (unpaired) electrons. The van der Waals surface area contributed by atoms with E-state index in [1.807, 2.05) is 60.7 Å². The van der Waals surface area contributed by atoms with Gasteiger partial charge in [-0.05, 0) is 78.3 Å². The highest BCUT2D eigenvalue weighted by Crippen LogP contribution is 2.61. The number of hydrogen-bond donors (Lipinski definition) is 0. The van der Waals surface area contributed by atoms with Crippen LogP contribution in [0.2, 0.25) is 0 Å². The molecule has 42 heavy (non-hydrogen) atoms. The van der Waals surface area contributed by atoms with Gasteiger partial charge in [-0.3, -0.25) is 9.59 Å². The van der Waals surface area contributed by atoms with Crippen molar-refractivity contribution in [3.63, 3.8) is 0 Å². The fourth-order valence-electron chi connectivity index (χ4n) is 7.19. The van der Waals surface area contributed by atoms with E-state index >= 15 is 0 Å². The lowest BCUT2D eigenvalue weighted by atomic mass is 9.55. The minimum absolute atomic E-state index is 0.142. The van der Waals surface area contributed by atoms with Crippen molar-refractivity contribution in [1.82, 2.24) is 5.01 Å². The third-order valence-corrected chi connectivity index (χ3v) is 9.59. The maximum absolute atomic E-state index is 13.8. The van der Waals surface area contributed by atoms with E-state index in [2.05, 4.69) is 69.6 Å². The van der Waals surface area contributed by atoms with Gasteiger partial charge >= 0.3 is 0 Å². The number of imide groups is 1. The van der Waals surface area contributed by atoms with Crippen molar-refractivity contribution >= 4 is 44.7 Å². The second-order valence-corrected chi connectivity index (χ2v) is 12.0. The number of halogens is 1. The van der Waals surface area contributed by atoms with Crippen LogP contribution in [0.4, 0.5) is 0 Å². The van der Waals surface area contributed by atoms with Gasteiger partial charge in [-0.15, -0.1) is 0 Å². The Kier molecular flexibility index (Phi) is 5.86. The average molecular weight is 614 g/mol. The minimum Gasteiger partial charge on any atom is -0.488 e. The SMILES string of the molecule is O=C1[C@@H]2C3c4ccccc4C(c4ccccc43)[C@H]2C(=O)N1/N=C\c1ccc(OCc2cccc3ccccc23)c(Br)c1. The molecule has 4 aliphatic rings. The van der Waals surface area contributed by atoms with Crippen LogP contribution in [0.3, 0.4) is 0 Å². The lowest BCUT2D eigenvalue weighted by molar-refractivity contribution is -0.139. The van der Waals surface area contributed by atoms with Crippen LogP contribution in [-0.4, -0.2) is 23.0 Å². The molecule has 5 aromatic carbocycles. The van der Waals surface area contributed by atoms with Gasteiger partial charge in [-0.25, -0.2) is 0 Å². The van der Waals surface area contributed by atoms with Gasteiger partial charge in [0.1, 0.15) is 12.4 Å². The lowest BCUT2D eigenvalue weighted by Crippen LogP contribution is -2.41. The molecule has 0 aromatic heterocycles. The summed E-state index contributed by atoms with van der Waals surface area (Å²) in [5.74, 6) is -0.926. The first-order valence-electron chi connectivity index (χ1n) is 14.1. The average Bonchev–Trinajstić information content (AvgIpc) is 3.28. The highest BCUT2D eigenvalue weighted by molar-refractivity contribution is 9.10. The number of carbonyl (C=O) groups excluding carboxylic acids is 2. The van der Waals surface area contributed by atoms with E-state index in [9.17, 15) is 9.59 Å². The Hall–Kier alpha value is -4.55. The molecule has 3 aliphatic carbocycles. The number of amides is 2. The maximum Gasteiger partial charge on any atom is 0.254 e. The Bertz CT molecular complexity index is 1830. The first-order valence-corrected chi connectivity index (χ1v) is 14.9. The van der Waals surface area contributed by atoms with Crippen LogP contribution in [0.5, 0.6) is 5.75 Å². The molecule has 1 saturated heterocycles. The molecular formula is C36H25BrN2O3. The van der Waals surface area contributed by atoms with Gasteiger partial charge in [0.2, 0.25) is 0 Å². The molecule has 2 bridgehead atoms. The van der Waals surface area contributed by atoms with Crippen molar-refractivity contribution in [2.45, 2.75) is 18.4 Å². The number of rotatable bonds is 5. The third-order valence-electron chi connectivity index (χ3n) is 8.97. The zero-order chi connectivity index (χ0) is 28.4. The van der Waals surface area contributed by atoms with E-state index < -0.39 is 11.8 Å². The Morgan fingerprint density at radius 3 is 1.90 bits per heavy atom. The van der Waals surface area contributed by atoms with Gasteiger partial charge in [0.15, 0.2) is 0 Å². The van der Waals surface area contributed by atoms with Crippen LogP contribution in [0.1, 0.15) is 45.2 Å². The first kappa shape index (κ1) is 25.2. The molecular weight excluding hydrogens is 588 g/mol. The molecule has 5 aromatic rings. The first-order chi connectivity index (χ1) is 20.6. The minimum atomic E-state index is -0.443. The van der Waals surface area contributed by atoms with E-state index in [0.717, 1.165) is 42.9 Å². The van der Waals surface area contributed by atoms with Crippen molar-refractivity contribution in [1.29, 1.82) is 0 Å². The summed E-state index contributed by atoms with van der Waals surface area (Å²) in [5, 5.41) is 7.89. The molecule has 204 valence electrons. The zero-order valence-electron chi connectivity index (χ0n) is 22.5. The number of ether oxygens (including phenoxy) is 1. The van der Waals surface area contributed by atoms with Crippen LogP contribution < -0.4 is 4.74 Å². The predicted octanol–water partition coefficient (Wildman–Crippen LogP) is 7.41. The summed E-state index contributed by atoms with van der Waals surface area (Å²) >= 11 is 3.62. The van der Waals surface area contributed by atoms with E-state index in [1.165, 1.54) is 10.8 Å². The Balaban J connectivity index is 1.04. The molecule has 1 aliphatic heterocycles. The molecule has 0 unspecified atom stereocenters. The van der Waals surface area contributed by atoms with E-state index in [-0.39, 0.29) is 23.7 Å². The van der Waals surface area contributed by atoms with Gasteiger partial charge in [0.05, 0.1) is 22.5 Å². The van der Waals surface area contributed by atoms with Crippen LogP contribution in [0, 0.1) is 11.8 Å². The number of nitrogens with zero attached hydrogens (tertiary/aromatic N) is 2. The molecule has 1 fully saturated rings. The van der Waals surface area contributed by atoms with Gasteiger partial charge in [0, 0.05) is 11.8 Å². The lowest BCUT2D eigenvalue weighted by Gasteiger charge is -2.45. The molecule has 2 amide bonds. The van der Waals surface area contributed by atoms with E-state index in [1.54, 1.807) is 6.21 Å². The Labute approximate surface area is 251 Å². The molecule has 0 N–H and O–H groups in total. The molecule has 6 heteroatoms. The summed E-state index contributed by atoms with van der Waals surface area (Å²) in [7, 11) is 0. The van der Waals surface area contributed by atoms with Crippen molar-refractivity contribution in [3.8, 4) is 5.75 Å². The summed E-state index contributed by atoms with van der Waals surface area (Å²) < 4.78 is 6.91. The molecule has 5 nitrogen and oxygen atoms in total. The molecule has 0 saturated carbocycles. The Morgan fingerprint density at radius 2 is 1.29 bits per heavy atom. The Morgan fingerprint density at radius 1 is 0.714 bits per heavy atom. The van der Waals surface area contributed by atoms with Crippen molar-refractivity contribution in [2.75, 3.05) is 0 Å². The highest BCUT2D eigenvalue weighted by atomic mass is 79.9. The van der Waals surface area contributed by atoms with Crippen LogP contribution in [0.15, 0.2) is 119 Å². The van der Waals surface area contributed by atoms with E-state index in [4.69, 9.17) is 4.74 Å². The smallest absolute Gasteiger partial charge is 0.254 e. The predicted molar refractivity (Wildman–Crippen MR) is 165 cm³/mol. The number of carbonyl (C=O) groups is 2. The number of hydrogen-bond acceptors (Lipinski definition) is 4. The topological polar surface area (TPSA) is 59.0 Å². The maximum atomic E-state index is 13.8. The van der Waals surface area contributed by atoms with Gasteiger partial charge in [-0.2, -0.15) is 10.1 Å². The fourth-order valence-corrected chi connectivity index (χ4v) is 7.70. The molecule has 0 spiro atoms. The second kappa shape index (κ2) is 9.78. The highest BCUT2D eigenvalue weighted by Gasteiger charge is 2.61. The molecule has 2 atom stereocenters. The quantitative estimate of drug-likeness (QED) is 0.153. The van der Waals surface area contributed by atoms with Crippen molar-refractivity contribution in [2.24, 2.45) is 16.9 Å². The summed E-state index contributed by atoms with van der Waals surface area (Å²) in [5.41, 5.74) is 6.46. The van der Waals surface area contributed by atoms with Crippen LogP contribution in [0.25, 0.3) is 10.8 Å². The fraction of sp³-hybridized carbons (Fsp3) is 0.139. The molecule has 1 heterocycles. The normalized spacial score (nSPS) is 22.0. The van der Waals surface area contributed by atoms with Crippen molar-refractivity contribution < 1.29 is 14.3 Å². The van der Waals surface area contributed by atoms with Gasteiger partial charge in [-0.1, -0.05) is 91.0 Å². The van der Waals surface area contributed by atoms with E-state index in [0.29, 0.717) is 12.4 Å². The number of benzene rings is 5. The zero-order valence-corrected chi connectivity index (χ0v) is 24.1. The largest absolute Gasteiger partial charge is 0.488 e. The summed E-state index contributed by atoms with van der Waals surface area (Å²) in [6, 6.07) is 36.6. The third kappa shape index (κ3) is 3.78. The van der Waals surface area contributed by atoms with Crippen LogP contribution >= 0.6 is 15.9 Å². The number of fused-ring (bicyclic) bond motifs is 1. The standard InChI is InChI=1S/C36H25BrN2O3/c37-29-18-21(16-17-30(29)42-20-23-10-7-9-22-8-1-2-11-24(22)23)19-38-39-35(40)33-31-25-12-3-4-13-26(25)32(34(33)36(39)41)28-15-6-5-14-27(28)31/h1-19,31-34H,20H2/b38-19-/t31?,32?,33-,34-/m1/s1. The monoisotopic (exact) mass is 612 g/mol. The van der Waals surface area contributed by atoms with Crippen LogP contribution in [-0.2, 0) is 16.2 Å².